The van der Waals surface area contributed by atoms with E-state index in [2.05, 4.69) is 27.5 Å². The summed E-state index contributed by atoms with van der Waals surface area (Å²) in [5, 5.41) is 6.59. The molecule has 4 rings (SSSR count). The Morgan fingerprint density at radius 1 is 1.00 bits per heavy atom. The van der Waals surface area contributed by atoms with Crippen LogP contribution < -0.4 is 20.3 Å². The molecule has 1 fully saturated rings. The fourth-order valence-electron chi connectivity index (χ4n) is 3.67. The standard InChI is InChI=1S/C26H27ClN4O2S/c1-30-13-15-31(16-14-30)24-12-9-21(17-23(24)27)28-26(34)29-25(32)20-7-10-22(11-8-20)33-18-19-5-3-2-4-6-19/h2-12,17H,13-16,18H2,1H3,(H2,28,29,32,34). The number of piperazine rings is 1. The van der Waals surface area contributed by atoms with E-state index in [0.717, 1.165) is 43.1 Å². The fraction of sp³-hybridized carbons (Fsp3) is 0.231. The van der Waals surface area contributed by atoms with Crippen molar-refractivity contribution in [2.75, 3.05) is 43.4 Å². The van der Waals surface area contributed by atoms with Gasteiger partial charge < -0.3 is 19.9 Å². The molecule has 1 aliphatic heterocycles. The molecule has 0 atom stereocenters. The normalized spacial score (nSPS) is 13.9. The largest absolute Gasteiger partial charge is 0.489 e. The first-order chi connectivity index (χ1) is 16.5. The topological polar surface area (TPSA) is 56.8 Å². The first kappa shape index (κ1) is 24.0. The van der Waals surface area contributed by atoms with Crippen LogP contribution in [0.1, 0.15) is 15.9 Å². The number of carbonyl (C=O) groups excluding carboxylic acids is 1. The van der Waals surface area contributed by atoms with E-state index in [-0.39, 0.29) is 11.0 Å². The highest BCUT2D eigenvalue weighted by molar-refractivity contribution is 7.80. The highest BCUT2D eigenvalue weighted by atomic mass is 35.5. The van der Waals surface area contributed by atoms with E-state index in [1.54, 1.807) is 24.3 Å². The number of likely N-dealkylation sites (N-methyl/N-ethyl adjacent to an activating group) is 1. The Kier molecular flexibility index (Phi) is 8.00. The second kappa shape index (κ2) is 11.3. The second-order valence-corrected chi connectivity index (χ2v) is 8.98. The lowest BCUT2D eigenvalue weighted by Crippen LogP contribution is -2.44. The van der Waals surface area contributed by atoms with Gasteiger partial charge in [0.1, 0.15) is 12.4 Å². The molecule has 2 N–H and O–H groups in total. The number of thiocarbonyl (C=S) groups is 1. The number of nitrogens with one attached hydrogen (secondary N) is 2. The van der Waals surface area contributed by atoms with Gasteiger partial charge in [-0.1, -0.05) is 41.9 Å². The predicted molar refractivity (Wildman–Crippen MR) is 142 cm³/mol. The Bertz CT molecular complexity index is 1130. The minimum atomic E-state index is -0.299. The number of rotatable bonds is 6. The summed E-state index contributed by atoms with van der Waals surface area (Å²) in [5.74, 6) is 0.392. The molecular weight excluding hydrogens is 468 g/mol. The van der Waals surface area contributed by atoms with Crippen LogP contribution >= 0.6 is 23.8 Å². The summed E-state index contributed by atoms with van der Waals surface area (Å²) in [4.78, 5) is 17.1. The zero-order valence-corrected chi connectivity index (χ0v) is 20.5. The summed E-state index contributed by atoms with van der Waals surface area (Å²) < 4.78 is 5.77. The van der Waals surface area contributed by atoms with Crippen LogP contribution in [0.5, 0.6) is 5.75 Å². The van der Waals surface area contributed by atoms with E-state index in [1.807, 2.05) is 48.5 Å². The Morgan fingerprint density at radius 2 is 1.71 bits per heavy atom. The van der Waals surface area contributed by atoms with Gasteiger partial charge in [0.2, 0.25) is 0 Å². The average Bonchev–Trinajstić information content (AvgIpc) is 2.84. The maximum Gasteiger partial charge on any atom is 0.257 e. The summed E-state index contributed by atoms with van der Waals surface area (Å²) in [7, 11) is 2.12. The number of carbonyl (C=O) groups is 1. The molecule has 0 aliphatic carbocycles. The van der Waals surface area contributed by atoms with E-state index in [4.69, 9.17) is 28.6 Å². The third-order valence-electron chi connectivity index (χ3n) is 5.64. The number of hydrogen-bond donors (Lipinski definition) is 2. The Labute approximate surface area is 210 Å². The van der Waals surface area contributed by atoms with Crippen molar-refractivity contribution in [1.29, 1.82) is 0 Å². The quantitative estimate of drug-likeness (QED) is 0.480. The summed E-state index contributed by atoms with van der Waals surface area (Å²) in [6, 6.07) is 22.6. The van der Waals surface area contributed by atoms with Gasteiger partial charge in [-0.3, -0.25) is 10.1 Å². The van der Waals surface area contributed by atoms with Crippen molar-refractivity contribution in [2.24, 2.45) is 0 Å². The van der Waals surface area contributed by atoms with E-state index in [9.17, 15) is 4.79 Å². The molecule has 3 aromatic carbocycles. The number of nitrogens with zero attached hydrogens (tertiary/aromatic N) is 2. The van der Waals surface area contributed by atoms with Crippen LogP contribution in [-0.2, 0) is 6.61 Å². The van der Waals surface area contributed by atoms with Crippen molar-refractivity contribution < 1.29 is 9.53 Å². The molecule has 176 valence electrons. The molecule has 34 heavy (non-hydrogen) atoms. The summed E-state index contributed by atoms with van der Waals surface area (Å²) >= 11 is 11.8. The van der Waals surface area contributed by atoms with Crippen LogP contribution in [0, 0.1) is 0 Å². The van der Waals surface area contributed by atoms with Crippen molar-refractivity contribution in [3.63, 3.8) is 0 Å². The predicted octanol–water partition coefficient (Wildman–Crippen LogP) is 4.80. The zero-order chi connectivity index (χ0) is 23.9. The maximum absolute atomic E-state index is 12.6. The lowest BCUT2D eigenvalue weighted by Gasteiger charge is -2.34. The first-order valence-electron chi connectivity index (χ1n) is 11.1. The van der Waals surface area contributed by atoms with Crippen LogP contribution in [0.3, 0.4) is 0 Å². The van der Waals surface area contributed by atoms with Gasteiger partial charge in [-0.2, -0.15) is 0 Å². The molecule has 0 aromatic heterocycles. The van der Waals surface area contributed by atoms with E-state index >= 15 is 0 Å². The molecule has 1 aliphatic rings. The maximum atomic E-state index is 12.6. The Hall–Kier alpha value is -3.13. The molecular formula is C26H27ClN4O2S. The number of halogens is 1. The second-order valence-electron chi connectivity index (χ2n) is 8.16. The first-order valence-corrected chi connectivity index (χ1v) is 11.9. The van der Waals surface area contributed by atoms with Gasteiger partial charge in [-0.05, 0) is 67.3 Å². The molecule has 0 saturated carbocycles. The van der Waals surface area contributed by atoms with Crippen molar-refractivity contribution in [3.8, 4) is 5.75 Å². The Balaban J connectivity index is 1.28. The van der Waals surface area contributed by atoms with Gasteiger partial charge in [0.05, 0.1) is 10.7 Å². The molecule has 0 unspecified atom stereocenters. The molecule has 1 amide bonds. The molecule has 8 heteroatoms. The Morgan fingerprint density at radius 3 is 2.38 bits per heavy atom. The summed E-state index contributed by atoms with van der Waals surface area (Å²) in [6.45, 7) is 4.36. The summed E-state index contributed by atoms with van der Waals surface area (Å²) in [6.07, 6.45) is 0. The van der Waals surface area contributed by atoms with Crippen molar-refractivity contribution in [1.82, 2.24) is 10.2 Å². The molecule has 1 heterocycles. The highest BCUT2D eigenvalue weighted by Crippen LogP contribution is 2.29. The lowest BCUT2D eigenvalue weighted by atomic mass is 10.2. The lowest BCUT2D eigenvalue weighted by molar-refractivity contribution is 0.0977. The van der Waals surface area contributed by atoms with E-state index in [0.29, 0.717) is 22.9 Å². The van der Waals surface area contributed by atoms with Crippen LogP contribution in [0.15, 0.2) is 72.8 Å². The summed E-state index contributed by atoms with van der Waals surface area (Å²) in [5.41, 5.74) is 3.29. The van der Waals surface area contributed by atoms with Gasteiger partial charge in [0.25, 0.3) is 5.91 Å². The number of amides is 1. The monoisotopic (exact) mass is 494 g/mol. The van der Waals surface area contributed by atoms with Gasteiger partial charge >= 0.3 is 0 Å². The average molecular weight is 495 g/mol. The third kappa shape index (κ3) is 6.47. The number of hydrogen-bond acceptors (Lipinski definition) is 5. The SMILES string of the molecule is CN1CCN(c2ccc(NC(=S)NC(=O)c3ccc(OCc4ccccc4)cc3)cc2Cl)CC1. The van der Waals surface area contributed by atoms with E-state index < -0.39 is 0 Å². The fourth-order valence-corrected chi connectivity index (χ4v) is 4.18. The van der Waals surface area contributed by atoms with Crippen molar-refractivity contribution >= 4 is 46.2 Å². The minimum Gasteiger partial charge on any atom is -0.489 e. The number of anilines is 2. The van der Waals surface area contributed by atoms with Gasteiger partial charge in [-0.25, -0.2) is 0 Å². The van der Waals surface area contributed by atoms with E-state index in [1.165, 1.54) is 0 Å². The number of benzene rings is 3. The van der Waals surface area contributed by atoms with Crippen molar-refractivity contribution in [3.05, 3.63) is 88.9 Å². The number of ether oxygens (including phenoxy) is 1. The van der Waals surface area contributed by atoms with Gasteiger partial charge in [-0.15, -0.1) is 0 Å². The molecule has 0 radical (unpaired) electrons. The molecule has 3 aromatic rings. The highest BCUT2D eigenvalue weighted by Gasteiger charge is 2.17. The van der Waals surface area contributed by atoms with Gasteiger partial charge in [0, 0.05) is 37.4 Å². The van der Waals surface area contributed by atoms with Crippen LogP contribution in [0.4, 0.5) is 11.4 Å². The third-order valence-corrected chi connectivity index (χ3v) is 6.15. The molecule has 1 saturated heterocycles. The van der Waals surface area contributed by atoms with Crippen LogP contribution in [-0.4, -0.2) is 49.1 Å². The van der Waals surface area contributed by atoms with Crippen molar-refractivity contribution in [2.45, 2.75) is 6.61 Å². The molecule has 0 spiro atoms. The van der Waals surface area contributed by atoms with Crippen LogP contribution in [0.25, 0.3) is 0 Å². The molecule has 0 bridgehead atoms. The zero-order valence-electron chi connectivity index (χ0n) is 19.0. The smallest absolute Gasteiger partial charge is 0.257 e. The molecule has 6 nitrogen and oxygen atoms in total. The van der Waals surface area contributed by atoms with Gasteiger partial charge in [0.15, 0.2) is 5.11 Å². The minimum absolute atomic E-state index is 0.206. The van der Waals surface area contributed by atoms with Crippen LogP contribution in [0.2, 0.25) is 5.02 Å².